The number of hydrogen-bond donors (Lipinski definition) is 3. The monoisotopic (exact) mass is 369 g/mol. The zero-order valence-corrected chi connectivity index (χ0v) is 15.4. The van der Waals surface area contributed by atoms with E-state index >= 15 is 0 Å². The molecule has 0 saturated carbocycles. The molecule has 2 aromatic rings. The highest BCUT2D eigenvalue weighted by molar-refractivity contribution is 6.00. The lowest BCUT2D eigenvalue weighted by Crippen LogP contribution is -2.23. The minimum absolute atomic E-state index is 0.0236. The molecule has 7 nitrogen and oxygen atoms in total. The molecule has 3 rings (SSSR count). The van der Waals surface area contributed by atoms with Crippen molar-refractivity contribution < 1.29 is 19.1 Å². The average Bonchev–Trinajstić information content (AvgIpc) is 2.99. The first-order valence-electron chi connectivity index (χ1n) is 8.86. The smallest absolute Gasteiger partial charge is 0.250 e. The molecular weight excluding hydrogens is 346 g/mol. The molecule has 0 fully saturated rings. The zero-order valence-electron chi connectivity index (χ0n) is 15.4. The summed E-state index contributed by atoms with van der Waals surface area (Å²) in [6.07, 6.45) is 0.919. The zero-order chi connectivity index (χ0) is 19.4. The van der Waals surface area contributed by atoms with Crippen LogP contribution in [0, 0.1) is 0 Å². The summed E-state index contributed by atoms with van der Waals surface area (Å²) in [4.78, 5) is 23.9. The van der Waals surface area contributed by atoms with Gasteiger partial charge in [0.2, 0.25) is 5.91 Å². The average molecular weight is 369 g/mol. The van der Waals surface area contributed by atoms with Gasteiger partial charge in [0.15, 0.2) is 0 Å². The second-order valence-corrected chi connectivity index (χ2v) is 6.33. The highest BCUT2D eigenvalue weighted by Gasteiger charge is 2.22. The molecule has 1 heterocycles. The van der Waals surface area contributed by atoms with E-state index in [9.17, 15) is 9.59 Å². The van der Waals surface area contributed by atoms with Crippen LogP contribution in [-0.4, -0.2) is 31.1 Å². The number of benzene rings is 2. The number of ether oxygens (including phenoxy) is 2. The number of carbonyl (C=O) groups is 2. The van der Waals surface area contributed by atoms with Gasteiger partial charge in [-0.1, -0.05) is 12.1 Å². The van der Waals surface area contributed by atoms with E-state index in [1.165, 1.54) is 0 Å². The Morgan fingerprint density at radius 3 is 2.78 bits per heavy atom. The summed E-state index contributed by atoms with van der Waals surface area (Å²) < 4.78 is 11.4. The molecule has 0 saturated heterocycles. The number of carbonyl (C=O) groups excluding carboxylic acids is 2. The van der Waals surface area contributed by atoms with E-state index in [0.717, 1.165) is 17.7 Å². The molecule has 4 N–H and O–H groups in total. The second kappa shape index (κ2) is 7.99. The van der Waals surface area contributed by atoms with Gasteiger partial charge in [0.05, 0.1) is 24.4 Å². The Morgan fingerprint density at radius 2 is 2.04 bits per heavy atom. The van der Waals surface area contributed by atoms with Crippen molar-refractivity contribution in [1.29, 1.82) is 0 Å². The van der Waals surface area contributed by atoms with Crippen LogP contribution in [0.1, 0.15) is 29.8 Å². The number of nitrogens with one attached hydrogen (secondary N) is 2. The van der Waals surface area contributed by atoms with Gasteiger partial charge in [0, 0.05) is 23.7 Å². The van der Waals surface area contributed by atoms with Crippen molar-refractivity contribution in [2.75, 3.05) is 23.8 Å². The van der Waals surface area contributed by atoms with Crippen LogP contribution in [0.25, 0.3) is 0 Å². The third-order valence-corrected chi connectivity index (χ3v) is 4.20. The first kappa shape index (κ1) is 18.6. The first-order valence-corrected chi connectivity index (χ1v) is 8.86. The number of hydrogen-bond acceptors (Lipinski definition) is 5. The van der Waals surface area contributed by atoms with Crippen LogP contribution < -0.4 is 25.8 Å². The Bertz CT molecular complexity index is 866. The minimum atomic E-state index is -0.554. The van der Waals surface area contributed by atoms with E-state index in [1.807, 2.05) is 19.9 Å². The molecule has 0 bridgehead atoms. The van der Waals surface area contributed by atoms with Crippen molar-refractivity contribution >= 4 is 23.2 Å². The van der Waals surface area contributed by atoms with Gasteiger partial charge in [-0.25, -0.2) is 0 Å². The summed E-state index contributed by atoms with van der Waals surface area (Å²) in [6.45, 7) is 4.35. The number of rotatable bonds is 7. The molecule has 0 spiro atoms. The van der Waals surface area contributed by atoms with Gasteiger partial charge in [-0.15, -0.1) is 0 Å². The third-order valence-electron chi connectivity index (χ3n) is 4.20. The minimum Gasteiger partial charge on any atom is -0.492 e. The van der Waals surface area contributed by atoms with Gasteiger partial charge < -0.3 is 25.8 Å². The molecule has 27 heavy (non-hydrogen) atoms. The third kappa shape index (κ3) is 4.31. The topological polar surface area (TPSA) is 103 Å². The van der Waals surface area contributed by atoms with Crippen LogP contribution in [0.4, 0.5) is 11.4 Å². The largest absolute Gasteiger partial charge is 0.492 e. The lowest BCUT2D eigenvalue weighted by Gasteiger charge is -2.14. The van der Waals surface area contributed by atoms with Crippen molar-refractivity contribution in [2.24, 2.45) is 5.73 Å². The number of fused-ring (bicyclic) bond motifs is 1. The second-order valence-electron chi connectivity index (χ2n) is 6.33. The standard InChI is InChI=1S/C20H23N3O4/c1-3-26-18-9-13-8-12(2)27-17(13)10-16(18)23-19(24)11-22-15-7-5-4-6-14(15)20(21)25/h4-7,9-10,12,22H,3,8,11H2,1-2H3,(H2,21,25)(H,23,24)/t12-/m0/s1. The summed E-state index contributed by atoms with van der Waals surface area (Å²) in [5, 5.41) is 5.78. The quantitative estimate of drug-likeness (QED) is 0.696. The van der Waals surface area contributed by atoms with Crippen LogP contribution in [-0.2, 0) is 11.2 Å². The molecule has 0 radical (unpaired) electrons. The Balaban J connectivity index is 1.71. The van der Waals surface area contributed by atoms with E-state index < -0.39 is 5.91 Å². The highest BCUT2D eigenvalue weighted by Crippen LogP contribution is 2.38. The summed E-state index contributed by atoms with van der Waals surface area (Å²) >= 11 is 0. The fraction of sp³-hybridized carbons (Fsp3) is 0.300. The Morgan fingerprint density at radius 1 is 1.26 bits per heavy atom. The summed E-state index contributed by atoms with van der Waals surface area (Å²) in [5.74, 6) is 0.538. The van der Waals surface area contributed by atoms with E-state index in [4.69, 9.17) is 15.2 Å². The molecule has 142 valence electrons. The van der Waals surface area contributed by atoms with Crippen molar-refractivity contribution in [2.45, 2.75) is 26.4 Å². The fourth-order valence-corrected chi connectivity index (χ4v) is 3.03. The molecule has 0 unspecified atom stereocenters. The lowest BCUT2D eigenvalue weighted by atomic mass is 10.1. The summed E-state index contributed by atoms with van der Waals surface area (Å²) in [6, 6.07) is 10.5. The molecule has 2 aromatic carbocycles. The number of para-hydroxylation sites is 1. The molecule has 1 aliphatic rings. The van der Waals surface area contributed by atoms with E-state index in [1.54, 1.807) is 30.3 Å². The number of primary amides is 1. The molecule has 2 amide bonds. The van der Waals surface area contributed by atoms with Crippen LogP contribution in [0.3, 0.4) is 0 Å². The van der Waals surface area contributed by atoms with Crippen molar-refractivity contribution in [1.82, 2.24) is 0 Å². The Labute approximate surface area is 157 Å². The Hall–Kier alpha value is -3.22. The molecule has 7 heteroatoms. The van der Waals surface area contributed by atoms with E-state index in [2.05, 4.69) is 10.6 Å². The lowest BCUT2D eigenvalue weighted by molar-refractivity contribution is -0.114. The predicted molar refractivity (Wildman–Crippen MR) is 103 cm³/mol. The van der Waals surface area contributed by atoms with Gasteiger partial charge in [0.25, 0.3) is 5.91 Å². The van der Waals surface area contributed by atoms with Crippen molar-refractivity contribution in [3.63, 3.8) is 0 Å². The Kier molecular flexibility index (Phi) is 5.49. The molecule has 1 aliphatic heterocycles. The maximum absolute atomic E-state index is 12.4. The van der Waals surface area contributed by atoms with E-state index in [0.29, 0.717) is 29.3 Å². The van der Waals surface area contributed by atoms with Gasteiger partial charge in [-0.3, -0.25) is 9.59 Å². The van der Waals surface area contributed by atoms with Crippen LogP contribution in [0.15, 0.2) is 36.4 Å². The number of nitrogens with two attached hydrogens (primary N) is 1. The van der Waals surface area contributed by atoms with Gasteiger partial charge in [0.1, 0.15) is 17.6 Å². The molecular formula is C20H23N3O4. The number of anilines is 2. The van der Waals surface area contributed by atoms with Crippen molar-refractivity contribution in [3.05, 3.63) is 47.5 Å². The predicted octanol–water partition coefficient (Wildman–Crippen LogP) is 2.56. The maximum atomic E-state index is 12.4. The molecule has 1 atom stereocenters. The van der Waals surface area contributed by atoms with Gasteiger partial charge in [-0.05, 0) is 32.0 Å². The van der Waals surface area contributed by atoms with Gasteiger partial charge >= 0.3 is 0 Å². The first-order chi connectivity index (χ1) is 13.0. The van der Waals surface area contributed by atoms with Crippen molar-refractivity contribution in [3.8, 4) is 11.5 Å². The molecule has 0 aromatic heterocycles. The maximum Gasteiger partial charge on any atom is 0.250 e. The molecule has 0 aliphatic carbocycles. The normalized spacial score (nSPS) is 14.8. The summed E-state index contributed by atoms with van der Waals surface area (Å²) in [7, 11) is 0. The fourth-order valence-electron chi connectivity index (χ4n) is 3.03. The highest BCUT2D eigenvalue weighted by atomic mass is 16.5. The van der Waals surface area contributed by atoms with Crippen LogP contribution in [0.2, 0.25) is 0 Å². The summed E-state index contributed by atoms with van der Waals surface area (Å²) in [5.41, 5.74) is 7.82. The van der Waals surface area contributed by atoms with Gasteiger partial charge in [-0.2, -0.15) is 0 Å². The number of amides is 2. The van der Waals surface area contributed by atoms with Crippen LogP contribution in [0.5, 0.6) is 11.5 Å². The SMILES string of the molecule is CCOc1cc2c(cc1NC(=O)CNc1ccccc1C(N)=O)O[C@@H](C)C2. The van der Waals surface area contributed by atoms with Crippen LogP contribution >= 0.6 is 0 Å². The van der Waals surface area contributed by atoms with E-state index in [-0.39, 0.29) is 18.6 Å².